The number of aliphatic imine (C=N–C) groups is 1. The largest absolute Gasteiger partial charge is 0.326 e. The molecule has 0 bridgehead atoms. The van der Waals surface area contributed by atoms with Crippen LogP contribution in [0.1, 0.15) is 96.9 Å². The minimum absolute atomic E-state index is 0. The summed E-state index contributed by atoms with van der Waals surface area (Å²) in [6.07, 6.45) is 3.57. The van der Waals surface area contributed by atoms with E-state index in [2.05, 4.69) is 60.4 Å². The average Bonchev–Trinajstić information content (AvgIpc) is 1.89. The van der Waals surface area contributed by atoms with Gasteiger partial charge >= 0.3 is 0 Å². The zero-order valence-corrected chi connectivity index (χ0v) is 15.3. The van der Waals surface area contributed by atoms with Gasteiger partial charge in [0.2, 0.25) is 6.08 Å². The Labute approximate surface area is 141 Å². The second-order valence-electron chi connectivity index (χ2n) is 9.48. The highest BCUT2D eigenvalue weighted by Gasteiger charge is 2.24. The van der Waals surface area contributed by atoms with Crippen LogP contribution in [0.4, 0.5) is 0 Å². The van der Waals surface area contributed by atoms with Crippen molar-refractivity contribution in [3.05, 3.63) is 0 Å². The molecule has 2 N–H and O–H groups in total. The summed E-state index contributed by atoms with van der Waals surface area (Å²) in [5.74, 6) is 0. The van der Waals surface area contributed by atoms with E-state index in [1.54, 1.807) is 6.08 Å². The van der Waals surface area contributed by atoms with Crippen LogP contribution in [0.5, 0.6) is 0 Å². The number of hydrogen-bond acceptors (Lipinski definition) is 3. The molecule has 0 aliphatic carbocycles. The topological polar surface area (TPSA) is 55.4 Å². The maximum Gasteiger partial charge on any atom is 0.235 e. The molecular weight excluding hydrogens is 272 g/mol. The standard InChI is InChI=1S/C9H17NO.C8H19N.2CH4/c1-8(2,3)6-9(4,5)10-7-11;1-7(2,3)6-8(4,5)9;;/h6H2,1-5H3;6,9H2,1-5H3;2*1H4. The van der Waals surface area contributed by atoms with Gasteiger partial charge in [-0.05, 0) is 51.4 Å². The minimum Gasteiger partial charge on any atom is -0.326 e. The summed E-state index contributed by atoms with van der Waals surface area (Å²) >= 11 is 0. The lowest BCUT2D eigenvalue weighted by Gasteiger charge is -2.28. The fraction of sp³-hybridized carbons (Fsp3) is 0.947. The SMILES string of the molecule is C.C.CC(C)(C)CC(C)(C)N.CC(C)(C)CC(C)(C)N=C=O. The smallest absolute Gasteiger partial charge is 0.235 e. The highest BCUT2D eigenvalue weighted by Crippen LogP contribution is 2.28. The monoisotopic (exact) mass is 316 g/mol. The van der Waals surface area contributed by atoms with Crippen LogP contribution in [-0.2, 0) is 4.79 Å². The van der Waals surface area contributed by atoms with Gasteiger partial charge in [-0.1, -0.05) is 56.4 Å². The fourth-order valence-corrected chi connectivity index (χ4v) is 2.83. The second kappa shape index (κ2) is 10.2. The molecule has 0 fully saturated rings. The van der Waals surface area contributed by atoms with Gasteiger partial charge in [-0.2, -0.15) is 4.99 Å². The van der Waals surface area contributed by atoms with Crippen molar-refractivity contribution in [1.29, 1.82) is 0 Å². The summed E-state index contributed by atoms with van der Waals surface area (Å²) in [6.45, 7) is 21.1. The predicted molar refractivity (Wildman–Crippen MR) is 102 cm³/mol. The normalized spacial score (nSPS) is 12.0. The summed E-state index contributed by atoms with van der Waals surface area (Å²) in [7, 11) is 0. The summed E-state index contributed by atoms with van der Waals surface area (Å²) in [5, 5.41) is 0. The molecule has 3 heteroatoms. The van der Waals surface area contributed by atoms with Crippen molar-refractivity contribution in [3.63, 3.8) is 0 Å². The molecule has 22 heavy (non-hydrogen) atoms. The van der Waals surface area contributed by atoms with E-state index in [1.165, 1.54) is 0 Å². The quantitative estimate of drug-likeness (QED) is 0.515. The Morgan fingerprint density at radius 2 is 1.09 bits per heavy atom. The minimum atomic E-state index is -0.264. The van der Waals surface area contributed by atoms with E-state index >= 15 is 0 Å². The van der Waals surface area contributed by atoms with Gasteiger partial charge in [-0.15, -0.1) is 0 Å². The first-order valence-corrected chi connectivity index (χ1v) is 7.35. The van der Waals surface area contributed by atoms with Gasteiger partial charge in [0, 0.05) is 5.54 Å². The van der Waals surface area contributed by atoms with Crippen molar-refractivity contribution in [2.75, 3.05) is 0 Å². The lowest BCUT2D eigenvalue weighted by molar-refractivity contribution is 0.286. The van der Waals surface area contributed by atoms with Crippen LogP contribution in [0.2, 0.25) is 0 Å². The van der Waals surface area contributed by atoms with Crippen LogP contribution in [0.25, 0.3) is 0 Å². The number of nitrogens with zero attached hydrogens (tertiary/aromatic N) is 1. The summed E-state index contributed by atoms with van der Waals surface area (Å²) < 4.78 is 0. The number of hydrogen-bond donors (Lipinski definition) is 1. The van der Waals surface area contributed by atoms with Crippen LogP contribution in [-0.4, -0.2) is 17.2 Å². The predicted octanol–water partition coefficient (Wildman–Crippen LogP) is 5.97. The first-order chi connectivity index (χ1) is 8.47. The molecule has 0 aromatic heterocycles. The summed E-state index contributed by atoms with van der Waals surface area (Å²) in [4.78, 5) is 13.8. The average molecular weight is 317 g/mol. The lowest BCUT2D eigenvalue weighted by Crippen LogP contribution is -2.36. The van der Waals surface area contributed by atoms with Crippen molar-refractivity contribution in [2.45, 2.75) is 108 Å². The first kappa shape index (κ1) is 29.4. The van der Waals surface area contributed by atoms with E-state index in [0.29, 0.717) is 5.41 Å². The molecular formula is C19H44N2O. The van der Waals surface area contributed by atoms with Gasteiger partial charge in [0.05, 0.1) is 5.54 Å². The number of isocyanates is 1. The van der Waals surface area contributed by atoms with Crippen LogP contribution in [0.3, 0.4) is 0 Å². The second-order valence-corrected chi connectivity index (χ2v) is 9.48. The molecule has 0 atom stereocenters. The molecule has 0 amide bonds. The summed E-state index contributed by atoms with van der Waals surface area (Å²) in [6, 6.07) is 0. The number of carbonyl (C=O) groups excluding carboxylic acids is 1. The van der Waals surface area contributed by atoms with E-state index in [1.807, 2.05) is 13.8 Å². The molecule has 136 valence electrons. The molecule has 0 aliphatic heterocycles. The zero-order chi connectivity index (χ0) is 16.8. The van der Waals surface area contributed by atoms with E-state index in [0.717, 1.165) is 12.8 Å². The van der Waals surface area contributed by atoms with E-state index < -0.39 is 0 Å². The first-order valence-electron chi connectivity index (χ1n) is 7.35. The highest BCUT2D eigenvalue weighted by molar-refractivity contribution is 5.34. The van der Waals surface area contributed by atoms with Gasteiger partial charge in [-0.3, -0.25) is 0 Å². The molecule has 0 aromatic carbocycles. The van der Waals surface area contributed by atoms with Crippen LogP contribution >= 0.6 is 0 Å². The van der Waals surface area contributed by atoms with Crippen molar-refractivity contribution in [3.8, 4) is 0 Å². The van der Waals surface area contributed by atoms with Crippen LogP contribution < -0.4 is 5.73 Å². The van der Waals surface area contributed by atoms with Crippen LogP contribution in [0.15, 0.2) is 4.99 Å². The van der Waals surface area contributed by atoms with E-state index in [4.69, 9.17) is 5.73 Å². The summed E-state index contributed by atoms with van der Waals surface area (Å²) in [5.41, 5.74) is 6.11. The van der Waals surface area contributed by atoms with Gasteiger partial charge in [0.25, 0.3) is 0 Å². The van der Waals surface area contributed by atoms with Gasteiger partial charge in [-0.25, -0.2) is 4.79 Å². The Kier molecular flexibility index (Phi) is 13.6. The molecule has 0 unspecified atom stereocenters. The fourth-order valence-electron chi connectivity index (χ4n) is 2.83. The molecule has 3 nitrogen and oxygen atoms in total. The molecule has 0 aliphatic rings. The maximum atomic E-state index is 10.0. The molecule has 0 aromatic rings. The Bertz CT molecular complexity index is 307. The molecule has 0 heterocycles. The highest BCUT2D eigenvalue weighted by atomic mass is 16.1. The third-order valence-electron chi connectivity index (χ3n) is 2.30. The Morgan fingerprint density at radius 3 is 1.23 bits per heavy atom. The van der Waals surface area contributed by atoms with Crippen molar-refractivity contribution in [2.24, 2.45) is 21.6 Å². The molecule has 0 saturated carbocycles. The van der Waals surface area contributed by atoms with Crippen molar-refractivity contribution >= 4 is 6.08 Å². The molecule has 0 saturated heterocycles. The van der Waals surface area contributed by atoms with Crippen LogP contribution in [0, 0.1) is 10.8 Å². The molecule has 0 rings (SSSR count). The third kappa shape index (κ3) is 27.6. The van der Waals surface area contributed by atoms with E-state index in [9.17, 15) is 4.79 Å². The molecule has 0 radical (unpaired) electrons. The van der Waals surface area contributed by atoms with Gasteiger partial charge in [0.15, 0.2) is 0 Å². The van der Waals surface area contributed by atoms with Gasteiger partial charge < -0.3 is 5.73 Å². The number of rotatable bonds is 3. The van der Waals surface area contributed by atoms with Crippen molar-refractivity contribution in [1.82, 2.24) is 0 Å². The zero-order valence-electron chi connectivity index (χ0n) is 15.3. The Balaban J connectivity index is -0.000000137. The lowest BCUT2D eigenvalue weighted by atomic mass is 9.82. The molecule has 0 spiro atoms. The van der Waals surface area contributed by atoms with Crippen molar-refractivity contribution < 1.29 is 4.79 Å². The Morgan fingerprint density at radius 1 is 0.773 bits per heavy atom. The maximum absolute atomic E-state index is 10.0. The number of nitrogens with two attached hydrogens (primary N) is 1. The van der Waals surface area contributed by atoms with E-state index in [-0.39, 0.29) is 31.3 Å². The Hall–Kier alpha value is -0.660. The van der Waals surface area contributed by atoms with Gasteiger partial charge in [0.1, 0.15) is 0 Å². The third-order valence-corrected chi connectivity index (χ3v) is 2.30.